The molecular weight excluding hydrogens is 287 g/mol. The molecular formula is C14H17BF4O2. The predicted molar refractivity (Wildman–Crippen MR) is 71.2 cm³/mol. The van der Waals surface area contributed by atoms with Crippen LogP contribution in [-0.4, -0.2) is 18.3 Å². The standard InChI is InChI=1S/C14H17BF4O2/c1-12(2)13(3,4)21-15(20-12)8-9-7-10(14(17,18)19)5-6-11(9)16/h5-7H,8H2,1-4H3. The molecule has 0 spiro atoms. The van der Waals surface area contributed by atoms with Crippen molar-refractivity contribution in [2.24, 2.45) is 0 Å². The molecule has 7 heteroatoms. The molecule has 0 radical (unpaired) electrons. The van der Waals surface area contributed by atoms with Crippen molar-refractivity contribution in [3.8, 4) is 0 Å². The second-order valence-electron chi connectivity index (χ2n) is 6.19. The molecule has 0 aliphatic carbocycles. The van der Waals surface area contributed by atoms with Gasteiger partial charge in [0.1, 0.15) is 5.82 Å². The van der Waals surface area contributed by atoms with E-state index in [0.29, 0.717) is 0 Å². The lowest BCUT2D eigenvalue weighted by Crippen LogP contribution is -2.41. The van der Waals surface area contributed by atoms with Crippen LogP contribution in [0.3, 0.4) is 0 Å². The highest BCUT2D eigenvalue weighted by atomic mass is 19.4. The van der Waals surface area contributed by atoms with Crippen LogP contribution < -0.4 is 0 Å². The van der Waals surface area contributed by atoms with Crippen LogP contribution in [0.15, 0.2) is 18.2 Å². The molecule has 2 rings (SSSR count). The van der Waals surface area contributed by atoms with E-state index >= 15 is 0 Å². The topological polar surface area (TPSA) is 18.5 Å². The summed E-state index contributed by atoms with van der Waals surface area (Å²) < 4.78 is 63.1. The smallest absolute Gasteiger partial charge is 0.403 e. The molecule has 0 aromatic heterocycles. The highest BCUT2D eigenvalue weighted by Crippen LogP contribution is 2.38. The number of halogens is 4. The molecule has 1 heterocycles. The van der Waals surface area contributed by atoms with E-state index in [-0.39, 0.29) is 11.9 Å². The summed E-state index contributed by atoms with van der Waals surface area (Å²) in [6, 6.07) is 2.35. The first-order valence-electron chi connectivity index (χ1n) is 6.64. The third kappa shape index (κ3) is 3.24. The van der Waals surface area contributed by atoms with Gasteiger partial charge in [-0.1, -0.05) is 0 Å². The lowest BCUT2D eigenvalue weighted by Gasteiger charge is -2.32. The minimum Gasteiger partial charge on any atom is -0.403 e. The van der Waals surface area contributed by atoms with Crippen molar-refractivity contribution in [1.29, 1.82) is 0 Å². The Balaban J connectivity index is 2.22. The van der Waals surface area contributed by atoms with E-state index in [1.807, 2.05) is 27.7 Å². The minimum atomic E-state index is -4.50. The molecule has 0 saturated carbocycles. The number of hydrogen-bond acceptors (Lipinski definition) is 2. The Morgan fingerprint density at radius 3 is 2.05 bits per heavy atom. The fourth-order valence-corrected chi connectivity index (χ4v) is 2.14. The lowest BCUT2D eigenvalue weighted by atomic mass is 9.80. The fourth-order valence-electron chi connectivity index (χ4n) is 2.14. The van der Waals surface area contributed by atoms with Crippen molar-refractivity contribution in [2.45, 2.75) is 51.4 Å². The number of hydrogen-bond donors (Lipinski definition) is 0. The Morgan fingerprint density at radius 2 is 1.57 bits per heavy atom. The van der Waals surface area contributed by atoms with Crippen molar-refractivity contribution in [3.63, 3.8) is 0 Å². The summed E-state index contributed by atoms with van der Waals surface area (Å²) in [6.45, 7) is 7.32. The van der Waals surface area contributed by atoms with E-state index in [1.54, 1.807) is 0 Å². The molecule has 0 unspecified atom stereocenters. The number of benzene rings is 1. The van der Waals surface area contributed by atoms with Crippen LogP contribution in [0.1, 0.15) is 38.8 Å². The summed E-state index contributed by atoms with van der Waals surface area (Å²) in [4.78, 5) is 0. The summed E-state index contributed by atoms with van der Waals surface area (Å²) in [5, 5.41) is 0. The highest BCUT2D eigenvalue weighted by Gasteiger charge is 2.51. The van der Waals surface area contributed by atoms with Crippen LogP contribution in [-0.2, 0) is 21.8 Å². The van der Waals surface area contributed by atoms with Gasteiger partial charge in [0.15, 0.2) is 0 Å². The largest absolute Gasteiger partial charge is 0.462 e. The second kappa shape index (κ2) is 4.99. The molecule has 1 fully saturated rings. The molecule has 1 aromatic rings. The van der Waals surface area contributed by atoms with Gasteiger partial charge >= 0.3 is 13.3 Å². The van der Waals surface area contributed by atoms with Gasteiger partial charge in [-0.2, -0.15) is 13.2 Å². The summed E-state index contributed by atoms with van der Waals surface area (Å²) in [6.07, 6.45) is -4.57. The Kier molecular flexibility index (Phi) is 3.87. The molecule has 1 aliphatic rings. The Morgan fingerprint density at radius 1 is 1.05 bits per heavy atom. The van der Waals surface area contributed by atoms with Gasteiger partial charge in [0, 0.05) is 6.32 Å². The molecule has 0 bridgehead atoms. The van der Waals surface area contributed by atoms with Gasteiger partial charge in [-0.3, -0.25) is 0 Å². The van der Waals surface area contributed by atoms with Crippen LogP contribution in [0.5, 0.6) is 0 Å². The Hall–Kier alpha value is -1.08. The summed E-state index contributed by atoms with van der Waals surface area (Å²) in [5.41, 5.74) is -2.15. The average molecular weight is 304 g/mol. The van der Waals surface area contributed by atoms with Gasteiger partial charge in [0.25, 0.3) is 0 Å². The first-order valence-corrected chi connectivity index (χ1v) is 6.64. The average Bonchev–Trinajstić information content (AvgIpc) is 2.48. The normalized spacial score (nSPS) is 20.9. The van der Waals surface area contributed by atoms with Crippen LogP contribution in [0.2, 0.25) is 0 Å². The zero-order valence-corrected chi connectivity index (χ0v) is 12.3. The maximum absolute atomic E-state index is 13.7. The summed E-state index contributed by atoms with van der Waals surface area (Å²) in [5.74, 6) is -0.697. The van der Waals surface area contributed by atoms with Crippen LogP contribution in [0, 0.1) is 5.82 Å². The van der Waals surface area contributed by atoms with Gasteiger partial charge in [-0.05, 0) is 51.5 Å². The summed E-state index contributed by atoms with van der Waals surface area (Å²) in [7, 11) is -0.770. The lowest BCUT2D eigenvalue weighted by molar-refractivity contribution is -0.137. The number of alkyl halides is 3. The predicted octanol–water partition coefficient (Wildman–Crippen LogP) is 4.02. The molecule has 2 nitrogen and oxygen atoms in total. The van der Waals surface area contributed by atoms with Crippen molar-refractivity contribution >= 4 is 7.12 Å². The Labute approximate surface area is 121 Å². The molecule has 0 N–H and O–H groups in total. The van der Waals surface area contributed by atoms with Gasteiger partial charge < -0.3 is 9.31 Å². The zero-order chi connectivity index (χ0) is 16.1. The van der Waals surface area contributed by atoms with E-state index in [4.69, 9.17) is 9.31 Å². The molecule has 0 amide bonds. The third-order valence-electron chi connectivity index (χ3n) is 4.06. The quantitative estimate of drug-likeness (QED) is 0.607. The molecule has 0 atom stereocenters. The maximum Gasteiger partial charge on any atom is 0.462 e. The van der Waals surface area contributed by atoms with Crippen molar-refractivity contribution in [2.75, 3.05) is 0 Å². The Bertz CT molecular complexity index is 524. The van der Waals surface area contributed by atoms with Gasteiger partial charge in [-0.15, -0.1) is 0 Å². The van der Waals surface area contributed by atoms with E-state index in [1.165, 1.54) is 0 Å². The van der Waals surface area contributed by atoms with Crippen molar-refractivity contribution in [3.05, 3.63) is 35.1 Å². The van der Waals surface area contributed by atoms with Crippen LogP contribution in [0.4, 0.5) is 17.6 Å². The first kappa shape index (κ1) is 16.3. The van der Waals surface area contributed by atoms with Gasteiger partial charge in [-0.25, -0.2) is 4.39 Å². The second-order valence-corrected chi connectivity index (χ2v) is 6.19. The van der Waals surface area contributed by atoms with Gasteiger partial charge in [0.05, 0.1) is 16.8 Å². The maximum atomic E-state index is 13.7. The molecule has 21 heavy (non-hydrogen) atoms. The molecule has 1 saturated heterocycles. The van der Waals surface area contributed by atoms with Crippen LogP contribution >= 0.6 is 0 Å². The molecule has 1 aromatic carbocycles. The monoisotopic (exact) mass is 304 g/mol. The SMILES string of the molecule is CC1(C)OB(Cc2cc(C(F)(F)F)ccc2F)OC1(C)C. The zero-order valence-electron chi connectivity index (χ0n) is 12.3. The first-order chi connectivity index (χ1) is 9.42. The fraction of sp³-hybridized carbons (Fsp3) is 0.571. The molecule has 1 aliphatic heterocycles. The van der Waals surface area contributed by atoms with Crippen LogP contribution in [0.25, 0.3) is 0 Å². The van der Waals surface area contributed by atoms with E-state index < -0.39 is 35.9 Å². The van der Waals surface area contributed by atoms with Crippen molar-refractivity contribution < 1.29 is 26.9 Å². The van der Waals surface area contributed by atoms with E-state index in [0.717, 1.165) is 18.2 Å². The third-order valence-corrected chi connectivity index (χ3v) is 4.06. The summed E-state index contributed by atoms with van der Waals surface area (Å²) >= 11 is 0. The van der Waals surface area contributed by atoms with Crippen molar-refractivity contribution in [1.82, 2.24) is 0 Å². The minimum absolute atomic E-state index is 0.0664. The van der Waals surface area contributed by atoms with E-state index in [9.17, 15) is 17.6 Å². The number of rotatable bonds is 2. The highest BCUT2D eigenvalue weighted by molar-refractivity contribution is 6.45. The molecule has 116 valence electrons. The van der Waals surface area contributed by atoms with Gasteiger partial charge in [0.2, 0.25) is 0 Å². The van der Waals surface area contributed by atoms with E-state index in [2.05, 4.69) is 0 Å².